The Labute approximate surface area is 110 Å². The minimum atomic E-state index is -0.334. The van der Waals surface area contributed by atoms with Crippen LogP contribution in [0.25, 0.3) is 0 Å². The highest BCUT2D eigenvalue weighted by molar-refractivity contribution is 5.78. The van der Waals surface area contributed by atoms with Crippen LogP contribution in [0.3, 0.4) is 0 Å². The molecule has 1 amide bonds. The summed E-state index contributed by atoms with van der Waals surface area (Å²) in [7, 11) is 1.38. The van der Waals surface area contributed by atoms with Crippen LogP contribution in [0.2, 0.25) is 0 Å². The molecule has 0 bridgehead atoms. The minimum Gasteiger partial charge on any atom is -0.469 e. The van der Waals surface area contributed by atoms with E-state index in [2.05, 4.69) is 18.6 Å². The second-order valence-corrected chi connectivity index (χ2v) is 6.35. The second kappa shape index (κ2) is 5.72. The third-order valence-corrected chi connectivity index (χ3v) is 3.82. The van der Waals surface area contributed by atoms with E-state index in [1.807, 2.05) is 18.7 Å². The molecule has 4 nitrogen and oxygen atoms in total. The smallest absolute Gasteiger partial charge is 0.306 e. The number of nitrogens with zero attached hydrogens (tertiary/aromatic N) is 1. The molecule has 1 aliphatic heterocycles. The SMILES string of the molecule is COC(=O)CC(C)(C)CC(=O)N1C[C@@H](C)[C@H](C)C1. The maximum atomic E-state index is 12.2. The van der Waals surface area contributed by atoms with Crippen LogP contribution in [-0.4, -0.2) is 37.0 Å². The zero-order chi connectivity index (χ0) is 13.9. The van der Waals surface area contributed by atoms with Crippen LogP contribution in [0.5, 0.6) is 0 Å². The Bertz CT molecular complexity index is 315. The first-order chi connectivity index (χ1) is 8.25. The second-order valence-electron chi connectivity index (χ2n) is 6.35. The average molecular weight is 255 g/mol. The summed E-state index contributed by atoms with van der Waals surface area (Å²) >= 11 is 0. The maximum absolute atomic E-state index is 12.2. The fourth-order valence-corrected chi connectivity index (χ4v) is 2.38. The molecule has 0 spiro atoms. The third kappa shape index (κ3) is 4.00. The van der Waals surface area contributed by atoms with Gasteiger partial charge in [-0.1, -0.05) is 27.7 Å². The van der Waals surface area contributed by atoms with Gasteiger partial charge in [-0.2, -0.15) is 0 Å². The van der Waals surface area contributed by atoms with Crippen LogP contribution in [0.4, 0.5) is 0 Å². The molecular weight excluding hydrogens is 230 g/mol. The molecule has 1 heterocycles. The summed E-state index contributed by atoms with van der Waals surface area (Å²) in [6, 6.07) is 0. The van der Waals surface area contributed by atoms with Gasteiger partial charge in [-0.25, -0.2) is 0 Å². The van der Waals surface area contributed by atoms with Crippen molar-refractivity contribution < 1.29 is 14.3 Å². The monoisotopic (exact) mass is 255 g/mol. The summed E-state index contributed by atoms with van der Waals surface area (Å²) in [5.74, 6) is 1.03. The van der Waals surface area contributed by atoms with E-state index >= 15 is 0 Å². The molecule has 0 aromatic heterocycles. The first kappa shape index (κ1) is 15.0. The molecule has 2 atom stereocenters. The van der Waals surface area contributed by atoms with Crippen molar-refractivity contribution in [1.29, 1.82) is 0 Å². The van der Waals surface area contributed by atoms with Gasteiger partial charge in [0.1, 0.15) is 0 Å². The fraction of sp³-hybridized carbons (Fsp3) is 0.857. The predicted octanol–water partition coefficient (Wildman–Crippen LogP) is 2.08. The average Bonchev–Trinajstić information content (AvgIpc) is 2.58. The van der Waals surface area contributed by atoms with E-state index in [0.717, 1.165) is 13.1 Å². The van der Waals surface area contributed by atoms with Crippen molar-refractivity contribution in [2.45, 2.75) is 40.5 Å². The first-order valence-electron chi connectivity index (χ1n) is 6.60. The molecule has 0 N–H and O–H groups in total. The summed E-state index contributed by atoms with van der Waals surface area (Å²) in [5, 5.41) is 0. The highest BCUT2D eigenvalue weighted by Crippen LogP contribution is 2.29. The van der Waals surface area contributed by atoms with E-state index in [4.69, 9.17) is 0 Å². The van der Waals surface area contributed by atoms with Crippen molar-refractivity contribution in [3.05, 3.63) is 0 Å². The summed E-state index contributed by atoms with van der Waals surface area (Å²) in [5.41, 5.74) is -0.334. The number of amides is 1. The summed E-state index contributed by atoms with van der Waals surface area (Å²) in [4.78, 5) is 25.4. The first-order valence-corrected chi connectivity index (χ1v) is 6.60. The number of hydrogen-bond acceptors (Lipinski definition) is 3. The largest absolute Gasteiger partial charge is 0.469 e. The number of likely N-dealkylation sites (tertiary alicyclic amines) is 1. The molecule has 0 aliphatic carbocycles. The van der Waals surface area contributed by atoms with Crippen LogP contribution in [0.1, 0.15) is 40.5 Å². The van der Waals surface area contributed by atoms with Crippen molar-refractivity contribution in [3.8, 4) is 0 Å². The van der Waals surface area contributed by atoms with Crippen LogP contribution >= 0.6 is 0 Å². The number of carbonyl (C=O) groups is 2. The minimum absolute atomic E-state index is 0.153. The molecule has 0 unspecified atom stereocenters. The Morgan fingerprint density at radius 3 is 2.11 bits per heavy atom. The zero-order valence-corrected chi connectivity index (χ0v) is 12.2. The van der Waals surface area contributed by atoms with Gasteiger partial charge >= 0.3 is 5.97 Å². The van der Waals surface area contributed by atoms with Crippen molar-refractivity contribution in [2.24, 2.45) is 17.3 Å². The molecule has 104 valence electrons. The van der Waals surface area contributed by atoms with Gasteiger partial charge in [-0.15, -0.1) is 0 Å². The zero-order valence-electron chi connectivity index (χ0n) is 12.2. The highest BCUT2D eigenvalue weighted by atomic mass is 16.5. The molecule has 0 aromatic rings. The molecule has 4 heteroatoms. The molecule has 18 heavy (non-hydrogen) atoms. The number of carbonyl (C=O) groups excluding carboxylic acids is 2. The predicted molar refractivity (Wildman–Crippen MR) is 69.9 cm³/mol. The molecule has 1 fully saturated rings. The van der Waals surface area contributed by atoms with E-state index in [0.29, 0.717) is 18.3 Å². The van der Waals surface area contributed by atoms with Crippen LogP contribution in [-0.2, 0) is 14.3 Å². The van der Waals surface area contributed by atoms with E-state index in [9.17, 15) is 9.59 Å². The van der Waals surface area contributed by atoms with Gasteiger partial charge in [-0.05, 0) is 17.3 Å². The maximum Gasteiger partial charge on any atom is 0.306 e. The van der Waals surface area contributed by atoms with E-state index < -0.39 is 0 Å². The quantitative estimate of drug-likeness (QED) is 0.723. The molecule has 0 saturated carbocycles. The Kier molecular flexibility index (Phi) is 4.77. The summed E-state index contributed by atoms with van der Waals surface area (Å²) < 4.78 is 4.66. The van der Waals surface area contributed by atoms with Gasteiger partial charge in [0, 0.05) is 19.5 Å². The summed E-state index contributed by atoms with van der Waals surface area (Å²) in [6.07, 6.45) is 0.690. The van der Waals surface area contributed by atoms with Gasteiger partial charge in [0.2, 0.25) is 5.91 Å². The number of hydrogen-bond donors (Lipinski definition) is 0. The molecule has 1 saturated heterocycles. The van der Waals surface area contributed by atoms with Crippen LogP contribution < -0.4 is 0 Å². The Morgan fingerprint density at radius 2 is 1.67 bits per heavy atom. The van der Waals surface area contributed by atoms with Gasteiger partial charge in [0.25, 0.3) is 0 Å². The third-order valence-electron chi connectivity index (χ3n) is 3.82. The molecule has 1 rings (SSSR count). The molecular formula is C14H25NO3. The van der Waals surface area contributed by atoms with Crippen molar-refractivity contribution in [1.82, 2.24) is 4.90 Å². The van der Waals surface area contributed by atoms with Crippen molar-refractivity contribution >= 4 is 11.9 Å². The normalized spacial score (nSPS) is 24.2. The van der Waals surface area contributed by atoms with Crippen LogP contribution in [0.15, 0.2) is 0 Å². The standard InChI is InChI=1S/C14H25NO3/c1-10-8-15(9-11(10)2)12(16)6-14(3,4)7-13(17)18-5/h10-11H,6-9H2,1-5H3/t10-,11-/m1/s1. The van der Waals surface area contributed by atoms with E-state index in [-0.39, 0.29) is 23.7 Å². The topological polar surface area (TPSA) is 46.6 Å². The lowest BCUT2D eigenvalue weighted by Gasteiger charge is -2.26. The Morgan fingerprint density at radius 1 is 1.17 bits per heavy atom. The lowest BCUT2D eigenvalue weighted by atomic mass is 9.85. The van der Waals surface area contributed by atoms with Gasteiger partial charge < -0.3 is 9.64 Å². The fourth-order valence-electron chi connectivity index (χ4n) is 2.38. The number of ether oxygens (including phenoxy) is 1. The Hall–Kier alpha value is -1.06. The van der Waals surface area contributed by atoms with Gasteiger partial charge in [-0.3, -0.25) is 9.59 Å². The van der Waals surface area contributed by atoms with Crippen LogP contribution in [0, 0.1) is 17.3 Å². The molecule has 0 radical (unpaired) electrons. The number of methoxy groups -OCH3 is 1. The lowest BCUT2D eigenvalue weighted by Crippen LogP contribution is -2.33. The number of esters is 1. The number of rotatable bonds is 4. The summed E-state index contributed by atoms with van der Waals surface area (Å²) in [6.45, 7) is 9.91. The lowest BCUT2D eigenvalue weighted by molar-refractivity contribution is -0.143. The Balaban J connectivity index is 2.51. The van der Waals surface area contributed by atoms with E-state index in [1.54, 1.807) is 0 Å². The van der Waals surface area contributed by atoms with Crippen molar-refractivity contribution in [2.75, 3.05) is 20.2 Å². The van der Waals surface area contributed by atoms with Crippen molar-refractivity contribution in [3.63, 3.8) is 0 Å². The van der Waals surface area contributed by atoms with Gasteiger partial charge in [0.15, 0.2) is 0 Å². The highest BCUT2D eigenvalue weighted by Gasteiger charge is 2.33. The molecule has 1 aliphatic rings. The van der Waals surface area contributed by atoms with E-state index in [1.165, 1.54) is 7.11 Å². The van der Waals surface area contributed by atoms with Gasteiger partial charge in [0.05, 0.1) is 13.5 Å². The molecule has 0 aromatic carbocycles.